The van der Waals surface area contributed by atoms with Crippen LogP contribution in [0.3, 0.4) is 0 Å². The van der Waals surface area contributed by atoms with Gasteiger partial charge in [0.05, 0.1) is 17.5 Å². The topological polar surface area (TPSA) is 168 Å². The van der Waals surface area contributed by atoms with Gasteiger partial charge in [-0.15, -0.1) is 0 Å². The van der Waals surface area contributed by atoms with Gasteiger partial charge >= 0.3 is 11.9 Å². The molecule has 5 rings (SSSR count). The summed E-state index contributed by atoms with van der Waals surface area (Å²) in [7, 11) is 0. The van der Waals surface area contributed by atoms with Crippen LogP contribution in [0.1, 0.15) is 78.1 Å². The molecule has 2 aliphatic carbocycles. The summed E-state index contributed by atoms with van der Waals surface area (Å²) in [6.07, 6.45) is 9.94. The lowest BCUT2D eigenvalue weighted by Crippen LogP contribution is -2.33. The molecule has 184 valence electrons. The van der Waals surface area contributed by atoms with Gasteiger partial charge in [-0.1, -0.05) is 12.8 Å². The second-order valence-electron chi connectivity index (χ2n) is 9.45. The fourth-order valence-corrected chi connectivity index (χ4v) is 5.05. The summed E-state index contributed by atoms with van der Waals surface area (Å²) in [5.41, 5.74) is 7.32. The summed E-state index contributed by atoms with van der Waals surface area (Å²) in [6.45, 7) is 0. The molecule has 11 nitrogen and oxygen atoms in total. The predicted octanol–water partition coefficient (Wildman–Crippen LogP) is 3.76. The number of rotatable bonds is 7. The average molecular weight is 480 g/mol. The van der Waals surface area contributed by atoms with Crippen molar-refractivity contribution >= 4 is 40.6 Å². The van der Waals surface area contributed by atoms with Crippen LogP contribution in [0.15, 0.2) is 24.5 Å². The number of hydrogen-bond acceptors (Lipinski definition) is 8. The highest BCUT2D eigenvalue weighted by atomic mass is 16.4. The Morgan fingerprint density at radius 3 is 2.23 bits per heavy atom. The molecule has 3 aromatic rings. The summed E-state index contributed by atoms with van der Waals surface area (Å²) in [5.74, 6) is -1.59. The Hall–Kier alpha value is -3.73. The number of carbonyl (C=O) groups is 2. The lowest BCUT2D eigenvalue weighted by Gasteiger charge is -2.27. The van der Waals surface area contributed by atoms with Gasteiger partial charge in [0.2, 0.25) is 5.95 Å². The molecule has 1 aromatic carbocycles. The van der Waals surface area contributed by atoms with Crippen LogP contribution in [-0.4, -0.2) is 53.8 Å². The zero-order valence-corrected chi connectivity index (χ0v) is 19.3. The minimum atomic E-state index is -1.22. The van der Waals surface area contributed by atoms with Gasteiger partial charge in [0, 0.05) is 23.8 Å². The number of anilines is 3. The highest BCUT2D eigenvalue weighted by Gasteiger charge is 2.24. The van der Waals surface area contributed by atoms with E-state index in [2.05, 4.69) is 25.2 Å². The van der Waals surface area contributed by atoms with Crippen LogP contribution in [0.25, 0.3) is 11.2 Å². The van der Waals surface area contributed by atoms with Crippen LogP contribution in [0.2, 0.25) is 0 Å². The third kappa shape index (κ3) is 4.90. The lowest BCUT2D eigenvalue weighted by atomic mass is 9.92. The molecule has 0 spiro atoms. The number of nitrogens with zero attached hydrogens (tertiary/aromatic N) is 4. The van der Waals surface area contributed by atoms with E-state index in [9.17, 15) is 19.8 Å². The van der Waals surface area contributed by atoms with E-state index in [-0.39, 0.29) is 23.2 Å². The number of nitrogens with two attached hydrogens (primary N) is 1. The fraction of sp³-hybridized carbons (Fsp3) is 0.458. The first-order valence-electron chi connectivity index (χ1n) is 12.0. The van der Waals surface area contributed by atoms with Crippen molar-refractivity contribution in [2.45, 2.75) is 69.5 Å². The number of aromatic nitrogens is 4. The van der Waals surface area contributed by atoms with E-state index in [1.807, 2.05) is 0 Å². The molecule has 11 heteroatoms. The molecule has 2 aliphatic rings. The van der Waals surface area contributed by atoms with Gasteiger partial charge in [-0.25, -0.2) is 14.6 Å². The van der Waals surface area contributed by atoms with Crippen LogP contribution in [-0.2, 0) is 0 Å². The molecule has 0 amide bonds. The number of aromatic carboxylic acids is 2. The normalized spacial score (nSPS) is 20.7. The van der Waals surface area contributed by atoms with E-state index in [4.69, 9.17) is 10.7 Å². The van der Waals surface area contributed by atoms with E-state index in [0.717, 1.165) is 57.4 Å². The van der Waals surface area contributed by atoms with Crippen LogP contribution in [0.5, 0.6) is 0 Å². The first-order valence-corrected chi connectivity index (χ1v) is 12.0. The summed E-state index contributed by atoms with van der Waals surface area (Å²) >= 11 is 0. The number of benzene rings is 1. The maximum Gasteiger partial charge on any atom is 0.335 e. The van der Waals surface area contributed by atoms with Gasteiger partial charge < -0.3 is 31.1 Å². The molecular weight excluding hydrogens is 450 g/mol. The third-order valence-corrected chi connectivity index (χ3v) is 6.93. The van der Waals surface area contributed by atoms with Crippen molar-refractivity contribution in [2.75, 3.05) is 10.6 Å². The molecule has 0 radical (unpaired) electrons. The average Bonchev–Trinajstić information content (AvgIpc) is 3.50. The standard InChI is InChI=1S/C24H29N7O4/c25-15-5-7-16(8-6-15)28-24-29-20(19-21(30-24)31(12-26-19)18-3-1-2-4-18)27-17-10-13(22(32)33)9-14(11-17)23(34)35/h9-12,15-16,18H,1-8,25H2,(H,32,33)(H,34,35)(H2,27,28,29,30)/t15-,16-. The minimum absolute atomic E-state index is 0.133. The molecule has 2 heterocycles. The predicted molar refractivity (Wildman–Crippen MR) is 130 cm³/mol. The van der Waals surface area contributed by atoms with Crippen molar-refractivity contribution in [3.05, 3.63) is 35.7 Å². The van der Waals surface area contributed by atoms with Crippen molar-refractivity contribution in [2.24, 2.45) is 5.73 Å². The molecule has 0 saturated heterocycles. The smallest absolute Gasteiger partial charge is 0.335 e. The number of hydrogen-bond donors (Lipinski definition) is 5. The van der Waals surface area contributed by atoms with Crippen LogP contribution >= 0.6 is 0 Å². The van der Waals surface area contributed by atoms with Crippen molar-refractivity contribution in [3.63, 3.8) is 0 Å². The SMILES string of the molecule is N[C@H]1CC[C@H](Nc2nc(Nc3cc(C(=O)O)cc(C(=O)O)c3)c3ncn(C4CCCC4)c3n2)CC1. The van der Waals surface area contributed by atoms with E-state index < -0.39 is 11.9 Å². The molecule has 6 N–H and O–H groups in total. The third-order valence-electron chi connectivity index (χ3n) is 6.93. The van der Waals surface area contributed by atoms with E-state index in [0.29, 0.717) is 34.7 Å². The lowest BCUT2D eigenvalue weighted by molar-refractivity contribution is 0.0696. The van der Waals surface area contributed by atoms with Gasteiger partial charge in [-0.2, -0.15) is 9.97 Å². The van der Waals surface area contributed by atoms with Crippen molar-refractivity contribution in [3.8, 4) is 0 Å². The van der Waals surface area contributed by atoms with Gasteiger partial charge in [0.15, 0.2) is 17.0 Å². The maximum atomic E-state index is 11.6. The molecular formula is C24H29N7O4. The number of fused-ring (bicyclic) bond motifs is 1. The largest absolute Gasteiger partial charge is 0.478 e. The van der Waals surface area contributed by atoms with Gasteiger partial charge in [0.25, 0.3) is 0 Å². The molecule has 0 bridgehead atoms. The molecule has 35 heavy (non-hydrogen) atoms. The van der Waals surface area contributed by atoms with Crippen LogP contribution in [0.4, 0.5) is 17.5 Å². The quantitative estimate of drug-likeness (QED) is 0.336. The zero-order valence-electron chi connectivity index (χ0n) is 19.3. The van der Waals surface area contributed by atoms with Crippen molar-refractivity contribution in [1.29, 1.82) is 0 Å². The molecule has 2 saturated carbocycles. The summed E-state index contributed by atoms with van der Waals surface area (Å²) in [4.78, 5) is 37.2. The second-order valence-corrected chi connectivity index (χ2v) is 9.45. The second kappa shape index (κ2) is 9.49. The minimum Gasteiger partial charge on any atom is -0.478 e. The Bertz CT molecular complexity index is 1230. The zero-order chi connectivity index (χ0) is 24.5. The summed E-state index contributed by atoms with van der Waals surface area (Å²) in [5, 5.41) is 25.4. The first kappa shape index (κ1) is 23.0. The number of carboxylic acids is 2. The number of nitrogens with one attached hydrogen (secondary N) is 2. The molecule has 2 fully saturated rings. The van der Waals surface area contributed by atoms with Crippen molar-refractivity contribution in [1.82, 2.24) is 19.5 Å². The summed E-state index contributed by atoms with van der Waals surface area (Å²) < 4.78 is 2.09. The molecule has 0 atom stereocenters. The van der Waals surface area contributed by atoms with Crippen LogP contribution in [0, 0.1) is 0 Å². The van der Waals surface area contributed by atoms with Gasteiger partial charge in [0.1, 0.15) is 0 Å². The highest BCUT2D eigenvalue weighted by Crippen LogP contribution is 2.34. The Morgan fingerprint density at radius 2 is 1.60 bits per heavy atom. The van der Waals surface area contributed by atoms with Crippen LogP contribution < -0.4 is 16.4 Å². The molecule has 2 aromatic heterocycles. The molecule has 0 unspecified atom stereocenters. The van der Waals surface area contributed by atoms with E-state index >= 15 is 0 Å². The summed E-state index contributed by atoms with van der Waals surface area (Å²) in [6, 6.07) is 4.64. The monoisotopic (exact) mass is 479 g/mol. The van der Waals surface area contributed by atoms with Crippen molar-refractivity contribution < 1.29 is 19.8 Å². The van der Waals surface area contributed by atoms with Gasteiger partial charge in [-0.05, 0) is 56.7 Å². The Morgan fingerprint density at radius 1 is 0.943 bits per heavy atom. The molecule has 0 aliphatic heterocycles. The van der Waals surface area contributed by atoms with Gasteiger partial charge in [-0.3, -0.25) is 0 Å². The van der Waals surface area contributed by atoms with E-state index in [1.165, 1.54) is 12.1 Å². The number of carboxylic acid groups (broad SMARTS) is 2. The van der Waals surface area contributed by atoms with E-state index in [1.54, 1.807) is 6.33 Å². The Kier molecular flexibility index (Phi) is 6.25. The number of imidazole rings is 1. The maximum absolute atomic E-state index is 11.6. The Balaban J connectivity index is 1.54. The first-order chi connectivity index (χ1) is 16.9. The Labute approximate surface area is 201 Å². The fourth-order valence-electron chi connectivity index (χ4n) is 5.05. The highest BCUT2D eigenvalue weighted by molar-refractivity contribution is 5.96.